The molecule has 0 fully saturated rings. The molecule has 0 radical (unpaired) electrons. The summed E-state index contributed by atoms with van der Waals surface area (Å²) in [6, 6.07) is 42.5. The summed E-state index contributed by atoms with van der Waals surface area (Å²) < 4.78 is 0. The molecule has 2 aromatic heterocycles. The fraction of sp³-hybridized carbons (Fsp3) is 0. The standard InChI is InChI=1S/C36H22N4/c1-3-12-25-23(10-1)20-31(29-16-7-5-14-27(25)29)33-22-34(40-36(39-33)35-37-18-9-19-38-35)32-21-24-11-2-4-13-26(24)28-15-6-8-17-30(28)32/h1-22H. The van der Waals surface area contributed by atoms with Crippen LogP contribution in [0, 0.1) is 0 Å². The molecule has 186 valence electrons. The van der Waals surface area contributed by atoms with E-state index < -0.39 is 0 Å². The summed E-state index contributed by atoms with van der Waals surface area (Å²) in [5, 5.41) is 9.48. The van der Waals surface area contributed by atoms with Crippen molar-refractivity contribution in [2.45, 2.75) is 0 Å². The van der Waals surface area contributed by atoms with Crippen molar-refractivity contribution in [2.75, 3.05) is 0 Å². The predicted molar refractivity (Wildman–Crippen MR) is 164 cm³/mol. The van der Waals surface area contributed by atoms with Gasteiger partial charge in [-0.05, 0) is 67.4 Å². The van der Waals surface area contributed by atoms with E-state index in [0.29, 0.717) is 11.6 Å². The second kappa shape index (κ2) is 9.07. The van der Waals surface area contributed by atoms with Gasteiger partial charge in [0, 0.05) is 23.5 Å². The van der Waals surface area contributed by atoms with Crippen molar-refractivity contribution in [1.29, 1.82) is 0 Å². The summed E-state index contributed by atoms with van der Waals surface area (Å²) in [7, 11) is 0. The lowest BCUT2D eigenvalue weighted by Crippen LogP contribution is -1.99. The highest BCUT2D eigenvalue weighted by atomic mass is 15.0. The minimum Gasteiger partial charge on any atom is -0.234 e. The third-order valence-electron chi connectivity index (χ3n) is 7.58. The van der Waals surface area contributed by atoms with Gasteiger partial charge in [-0.1, -0.05) is 97.1 Å². The molecule has 4 nitrogen and oxygen atoms in total. The van der Waals surface area contributed by atoms with Gasteiger partial charge in [0.15, 0.2) is 11.6 Å². The van der Waals surface area contributed by atoms with E-state index in [1.807, 2.05) is 6.07 Å². The molecule has 0 bridgehead atoms. The average molecular weight is 511 g/mol. The van der Waals surface area contributed by atoms with Crippen LogP contribution in [0.4, 0.5) is 0 Å². The Morgan fingerprint density at radius 2 is 0.775 bits per heavy atom. The minimum atomic E-state index is 0.501. The zero-order valence-electron chi connectivity index (χ0n) is 21.5. The largest absolute Gasteiger partial charge is 0.234 e. The van der Waals surface area contributed by atoms with Gasteiger partial charge in [-0.15, -0.1) is 0 Å². The summed E-state index contributed by atoms with van der Waals surface area (Å²) in [6.07, 6.45) is 3.46. The average Bonchev–Trinajstić information content (AvgIpc) is 3.04. The second-order valence-corrected chi connectivity index (χ2v) is 9.92. The van der Waals surface area contributed by atoms with Crippen LogP contribution < -0.4 is 0 Å². The molecule has 40 heavy (non-hydrogen) atoms. The Bertz CT molecular complexity index is 2080. The van der Waals surface area contributed by atoms with Gasteiger partial charge >= 0.3 is 0 Å². The Kier molecular flexibility index (Phi) is 5.10. The fourth-order valence-corrected chi connectivity index (χ4v) is 5.77. The van der Waals surface area contributed by atoms with Crippen molar-refractivity contribution in [3.8, 4) is 34.2 Å². The van der Waals surface area contributed by atoms with Crippen molar-refractivity contribution in [3.63, 3.8) is 0 Å². The molecule has 0 atom stereocenters. The summed E-state index contributed by atoms with van der Waals surface area (Å²) in [4.78, 5) is 19.1. The van der Waals surface area contributed by atoms with Crippen LogP contribution in [0.1, 0.15) is 0 Å². The first-order valence-corrected chi connectivity index (χ1v) is 13.3. The van der Waals surface area contributed by atoms with Gasteiger partial charge < -0.3 is 0 Å². The number of aromatic nitrogens is 4. The number of hydrogen-bond donors (Lipinski definition) is 0. The van der Waals surface area contributed by atoms with Crippen LogP contribution in [0.2, 0.25) is 0 Å². The van der Waals surface area contributed by atoms with Crippen LogP contribution in [-0.2, 0) is 0 Å². The third-order valence-corrected chi connectivity index (χ3v) is 7.58. The van der Waals surface area contributed by atoms with E-state index in [0.717, 1.165) is 33.3 Å². The van der Waals surface area contributed by atoms with Gasteiger partial charge in [0.2, 0.25) is 0 Å². The first-order chi connectivity index (χ1) is 19.8. The van der Waals surface area contributed by atoms with E-state index in [9.17, 15) is 0 Å². The van der Waals surface area contributed by atoms with E-state index in [1.165, 1.54) is 32.3 Å². The minimum absolute atomic E-state index is 0.501. The Morgan fingerprint density at radius 1 is 0.350 bits per heavy atom. The molecule has 8 aromatic rings. The van der Waals surface area contributed by atoms with Crippen LogP contribution in [0.3, 0.4) is 0 Å². The maximum absolute atomic E-state index is 5.06. The SMILES string of the molecule is c1cnc(-c2nc(-c3cc4ccccc4c4ccccc34)cc(-c3cc4ccccc4c4ccccc34)n2)nc1. The molecule has 0 unspecified atom stereocenters. The summed E-state index contributed by atoms with van der Waals surface area (Å²) in [6.45, 7) is 0. The van der Waals surface area contributed by atoms with Crippen LogP contribution in [0.25, 0.3) is 77.3 Å². The Morgan fingerprint density at radius 3 is 1.27 bits per heavy atom. The Balaban J connectivity index is 1.47. The van der Waals surface area contributed by atoms with Gasteiger partial charge in [0.05, 0.1) is 11.4 Å². The highest BCUT2D eigenvalue weighted by Crippen LogP contribution is 2.38. The highest BCUT2D eigenvalue weighted by Gasteiger charge is 2.17. The highest BCUT2D eigenvalue weighted by molar-refractivity contribution is 6.15. The lowest BCUT2D eigenvalue weighted by atomic mass is 9.93. The van der Waals surface area contributed by atoms with E-state index in [2.05, 4.69) is 125 Å². The van der Waals surface area contributed by atoms with Gasteiger partial charge in [-0.3, -0.25) is 0 Å². The van der Waals surface area contributed by atoms with Crippen molar-refractivity contribution >= 4 is 43.1 Å². The van der Waals surface area contributed by atoms with Gasteiger partial charge in [-0.2, -0.15) is 0 Å². The van der Waals surface area contributed by atoms with Crippen molar-refractivity contribution in [2.24, 2.45) is 0 Å². The molecule has 0 aliphatic carbocycles. The first kappa shape index (κ1) is 22.5. The van der Waals surface area contributed by atoms with E-state index in [4.69, 9.17) is 9.97 Å². The van der Waals surface area contributed by atoms with Crippen molar-refractivity contribution in [1.82, 2.24) is 19.9 Å². The molecule has 0 saturated carbocycles. The van der Waals surface area contributed by atoms with Gasteiger partial charge in [0.25, 0.3) is 0 Å². The number of fused-ring (bicyclic) bond motifs is 6. The topological polar surface area (TPSA) is 51.6 Å². The van der Waals surface area contributed by atoms with E-state index in [1.54, 1.807) is 12.4 Å². The lowest BCUT2D eigenvalue weighted by molar-refractivity contribution is 1.08. The summed E-state index contributed by atoms with van der Waals surface area (Å²) in [5.74, 6) is 1.00. The molecule has 0 aliphatic heterocycles. The quantitative estimate of drug-likeness (QED) is 0.223. The monoisotopic (exact) mass is 510 g/mol. The first-order valence-electron chi connectivity index (χ1n) is 13.3. The normalized spacial score (nSPS) is 11.5. The number of rotatable bonds is 3. The van der Waals surface area contributed by atoms with E-state index in [-0.39, 0.29) is 0 Å². The van der Waals surface area contributed by atoms with Crippen LogP contribution >= 0.6 is 0 Å². The molecule has 0 aliphatic rings. The molecule has 0 spiro atoms. The molecule has 6 aromatic carbocycles. The molecule has 8 rings (SSSR count). The van der Waals surface area contributed by atoms with Gasteiger partial charge in [0.1, 0.15) is 0 Å². The fourth-order valence-electron chi connectivity index (χ4n) is 5.77. The molecule has 0 amide bonds. The zero-order chi connectivity index (χ0) is 26.5. The maximum atomic E-state index is 5.06. The van der Waals surface area contributed by atoms with E-state index >= 15 is 0 Å². The Hall–Kier alpha value is -5.48. The summed E-state index contributed by atoms with van der Waals surface area (Å²) in [5.41, 5.74) is 3.79. The lowest BCUT2D eigenvalue weighted by Gasteiger charge is -2.14. The third kappa shape index (κ3) is 3.62. The number of nitrogens with zero attached hydrogens (tertiary/aromatic N) is 4. The molecule has 0 N–H and O–H groups in total. The van der Waals surface area contributed by atoms with Crippen molar-refractivity contribution in [3.05, 3.63) is 134 Å². The number of hydrogen-bond acceptors (Lipinski definition) is 4. The maximum Gasteiger partial charge on any atom is 0.198 e. The van der Waals surface area contributed by atoms with Crippen LogP contribution in [-0.4, -0.2) is 19.9 Å². The molecular weight excluding hydrogens is 488 g/mol. The molecule has 0 saturated heterocycles. The van der Waals surface area contributed by atoms with Crippen LogP contribution in [0.5, 0.6) is 0 Å². The summed E-state index contributed by atoms with van der Waals surface area (Å²) >= 11 is 0. The smallest absolute Gasteiger partial charge is 0.198 e. The molecular formula is C36H22N4. The van der Waals surface area contributed by atoms with Crippen LogP contribution in [0.15, 0.2) is 134 Å². The molecule has 2 heterocycles. The predicted octanol–water partition coefficient (Wildman–Crippen LogP) is 8.88. The zero-order valence-corrected chi connectivity index (χ0v) is 21.5. The molecule has 4 heteroatoms. The Labute approximate surface area is 230 Å². The number of benzene rings is 6. The second-order valence-electron chi connectivity index (χ2n) is 9.92. The van der Waals surface area contributed by atoms with Crippen molar-refractivity contribution < 1.29 is 0 Å². The van der Waals surface area contributed by atoms with Gasteiger partial charge in [-0.25, -0.2) is 19.9 Å².